The van der Waals surface area contributed by atoms with Crippen molar-refractivity contribution < 1.29 is 4.79 Å². The Balaban J connectivity index is 2.17. The maximum atomic E-state index is 12.9. The van der Waals surface area contributed by atoms with Gasteiger partial charge in [0.15, 0.2) is 0 Å². The van der Waals surface area contributed by atoms with Gasteiger partial charge in [-0.3, -0.25) is 4.79 Å². The van der Waals surface area contributed by atoms with Crippen LogP contribution in [0.4, 0.5) is 5.69 Å². The van der Waals surface area contributed by atoms with E-state index in [0.717, 1.165) is 55.6 Å². The van der Waals surface area contributed by atoms with E-state index in [1.54, 1.807) is 0 Å². The van der Waals surface area contributed by atoms with E-state index in [1.807, 2.05) is 19.1 Å². The van der Waals surface area contributed by atoms with Crippen molar-refractivity contribution in [1.29, 1.82) is 0 Å². The van der Waals surface area contributed by atoms with Crippen LogP contribution >= 0.6 is 0 Å². The SMILES string of the molecule is CCCC1CCCCN1C(=O)c1ccc(NCC)cc1C. The largest absolute Gasteiger partial charge is 0.385 e. The predicted molar refractivity (Wildman–Crippen MR) is 88.9 cm³/mol. The molecule has 1 aromatic rings. The molecule has 3 heteroatoms. The van der Waals surface area contributed by atoms with Crippen LogP contribution in [0.1, 0.15) is 61.9 Å². The second-order valence-corrected chi connectivity index (χ2v) is 6.00. The molecule has 1 unspecified atom stereocenters. The van der Waals surface area contributed by atoms with Gasteiger partial charge in [0.25, 0.3) is 5.91 Å². The number of anilines is 1. The molecule has 116 valence electrons. The van der Waals surface area contributed by atoms with E-state index in [0.29, 0.717) is 6.04 Å². The van der Waals surface area contributed by atoms with Crippen LogP contribution in [0.25, 0.3) is 0 Å². The quantitative estimate of drug-likeness (QED) is 0.879. The molecule has 1 N–H and O–H groups in total. The van der Waals surface area contributed by atoms with E-state index in [9.17, 15) is 4.79 Å². The van der Waals surface area contributed by atoms with E-state index in [1.165, 1.54) is 6.42 Å². The zero-order valence-electron chi connectivity index (χ0n) is 13.6. The number of rotatable bonds is 5. The van der Waals surface area contributed by atoms with Gasteiger partial charge in [0.05, 0.1) is 0 Å². The number of likely N-dealkylation sites (tertiary alicyclic amines) is 1. The standard InChI is InChI=1S/C18H28N2O/c1-4-8-16-9-6-7-12-20(16)18(21)17-11-10-15(19-5-2)13-14(17)3/h10-11,13,16,19H,4-9,12H2,1-3H3. The van der Waals surface area contributed by atoms with E-state index in [4.69, 9.17) is 0 Å². The smallest absolute Gasteiger partial charge is 0.254 e. The van der Waals surface area contributed by atoms with Gasteiger partial charge in [-0.1, -0.05) is 13.3 Å². The highest BCUT2D eigenvalue weighted by Gasteiger charge is 2.27. The lowest BCUT2D eigenvalue weighted by atomic mass is 9.96. The molecule has 1 aliphatic rings. The summed E-state index contributed by atoms with van der Waals surface area (Å²) >= 11 is 0. The third-order valence-electron chi connectivity index (χ3n) is 4.35. The molecule has 0 spiro atoms. The first-order valence-corrected chi connectivity index (χ1v) is 8.32. The molecule has 3 nitrogen and oxygen atoms in total. The van der Waals surface area contributed by atoms with Gasteiger partial charge >= 0.3 is 0 Å². The van der Waals surface area contributed by atoms with Crippen molar-refractivity contribution in [3.8, 4) is 0 Å². The van der Waals surface area contributed by atoms with E-state index in [-0.39, 0.29) is 5.91 Å². The Morgan fingerprint density at radius 1 is 1.33 bits per heavy atom. The highest BCUT2D eigenvalue weighted by molar-refractivity contribution is 5.96. The van der Waals surface area contributed by atoms with E-state index >= 15 is 0 Å². The molecule has 0 bridgehead atoms. The Morgan fingerprint density at radius 3 is 2.81 bits per heavy atom. The lowest BCUT2D eigenvalue weighted by Crippen LogP contribution is -2.43. The summed E-state index contributed by atoms with van der Waals surface area (Å²) in [6, 6.07) is 6.51. The summed E-state index contributed by atoms with van der Waals surface area (Å²) in [7, 11) is 0. The molecule has 1 atom stereocenters. The molecule has 2 rings (SSSR count). The Bertz CT molecular complexity index is 482. The number of hydrogen-bond donors (Lipinski definition) is 1. The Hall–Kier alpha value is -1.51. The van der Waals surface area contributed by atoms with Crippen LogP contribution in [0.2, 0.25) is 0 Å². The van der Waals surface area contributed by atoms with Crippen molar-refractivity contribution in [2.75, 3.05) is 18.4 Å². The molecule has 1 aromatic carbocycles. The van der Waals surface area contributed by atoms with E-state index < -0.39 is 0 Å². The van der Waals surface area contributed by atoms with E-state index in [2.05, 4.69) is 30.1 Å². The minimum Gasteiger partial charge on any atom is -0.385 e. The Labute approximate surface area is 128 Å². The third kappa shape index (κ3) is 3.78. The Kier molecular flexibility index (Phi) is 5.66. The van der Waals surface area contributed by atoms with Gasteiger partial charge < -0.3 is 10.2 Å². The molecule has 0 aromatic heterocycles. The van der Waals surface area contributed by atoms with Crippen LogP contribution in [0, 0.1) is 6.92 Å². The minimum atomic E-state index is 0.216. The summed E-state index contributed by atoms with van der Waals surface area (Å²) in [4.78, 5) is 15.0. The van der Waals surface area contributed by atoms with Crippen LogP contribution in [-0.2, 0) is 0 Å². The third-order valence-corrected chi connectivity index (χ3v) is 4.35. The van der Waals surface area contributed by atoms with Crippen LogP contribution in [0.5, 0.6) is 0 Å². The van der Waals surface area contributed by atoms with Crippen molar-refractivity contribution in [3.63, 3.8) is 0 Å². The summed E-state index contributed by atoms with van der Waals surface area (Å²) in [6.07, 6.45) is 5.83. The molecule has 0 saturated carbocycles. The highest BCUT2D eigenvalue weighted by Crippen LogP contribution is 2.25. The molecular formula is C18H28N2O. The normalized spacial score (nSPS) is 18.6. The van der Waals surface area contributed by atoms with Crippen molar-refractivity contribution >= 4 is 11.6 Å². The summed E-state index contributed by atoms with van der Waals surface area (Å²) in [5, 5.41) is 3.30. The zero-order valence-corrected chi connectivity index (χ0v) is 13.6. The van der Waals surface area contributed by atoms with Crippen LogP contribution in [-0.4, -0.2) is 29.9 Å². The van der Waals surface area contributed by atoms with Gasteiger partial charge in [-0.25, -0.2) is 0 Å². The number of carbonyl (C=O) groups is 1. The second kappa shape index (κ2) is 7.48. The van der Waals surface area contributed by atoms with Crippen LogP contribution < -0.4 is 5.32 Å². The van der Waals surface area contributed by atoms with Crippen molar-refractivity contribution in [2.24, 2.45) is 0 Å². The van der Waals surface area contributed by atoms with Gasteiger partial charge in [0, 0.05) is 30.4 Å². The lowest BCUT2D eigenvalue weighted by molar-refractivity contribution is 0.0600. The summed E-state index contributed by atoms with van der Waals surface area (Å²) < 4.78 is 0. The fourth-order valence-corrected chi connectivity index (χ4v) is 3.27. The number of nitrogens with one attached hydrogen (secondary N) is 1. The molecule has 1 saturated heterocycles. The topological polar surface area (TPSA) is 32.3 Å². The van der Waals surface area contributed by atoms with Gasteiger partial charge in [0.1, 0.15) is 0 Å². The van der Waals surface area contributed by atoms with Gasteiger partial charge in [-0.15, -0.1) is 0 Å². The number of piperidine rings is 1. The fourth-order valence-electron chi connectivity index (χ4n) is 3.27. The maximum absolute atomic E-state index is 12.9. The molecule has 1 aliphatic heterocycles. The molecule has 0 aliphatic carbocycles. The fraction of sp³-hybridized carbons (Fsp3) is 0.611. The minimum absolute atomic E-state index is 0.216. The molecule has 1 amide bonds. The molecule has 1 heterocycles. The lowest BCUT2D eigenvalue weighted by Gasteiger charge is -2.36. The Morgan fingerprint density at radius 2 is 2.14 bits per heavy atom. The highest BCUT2D eigenvalue weighted by atomic mass is 16.2. The molecule has 0 radical (unpaired) electrons. The van der Waals surface area contributed by atoms with Gasteiger partial charge in [-0.05, 0) is 63.3 Å². The maximum Gasteiger partial charge on any atom is 0.254 e. The van der Waals surface area contributed by atoms with Gasteiger partial charge in [0.2, 0.25) is 0 Å². The first-order chi connectivity index (χ1) is 10.2. The van der Waals surface area contributed by atoms with Gasteiger partial charge in [-0.2, -0.15) is 0 Å². The van der Waals surface area contributed by atoms with Crippen molar-refractivity contribution in [2.45, 2.75) is 58.9 Å². The molecule has 1 fully saturated rings. The second-order valence-electron chi connectivity index (χ2n) is 6.00. The number of hydrogen-bond acceptors (Lipinski definition) is 2. The molecule has 21 heavy (non-hydrogen) atoms. The predicted octanol–water partition coefficient (Wildman–Crippen LogP) is 4.22. The van der Waals surface area contributed by atoms with Crippen LogP contribution in [0.3, 0.4) is 0 Å². The first kappa shape index (κ1) is 15.9. The summed E-state index contributed by atoms with van der Waals surface area (Å²) in [6.45, 7) is 8.13. The summed E-state index contributed by atoms with van der Waals surface area (Å²) in [5.41, 5.74) is 3.02. The van der Waals surface area contributed by atoms with Crippen molar-refractivity contribution in [3.05, 3.63) is 29.3 Å². The number of amides is 1. The van der Waals surface area contributed by atoms with Crippen LogP contribution in [0.15, 0.2) is 18.2 Å². The monoisotopic (exact) mass is 288 g/mol. The zero-order chi connectivity index (χ0) is 15.2. The number of benzene rings is 1. The average molecular weight is 288 g/mol. The molecular weight excluding hydrogens is 260 g/mol. The number of carbonyl (C=O) groups excluding carboxylic acids is 1. The number of aryl methyl sites for hydroxylation is 1. The van der Waals surface area contributed by atoms with Crippen molar-refractivity contribution in [1.82, 2.24) is 4.90 Å². The number of nitrogens with zero attached hydrogens (tertiary/aromatic N) is 1. The summed E-state index contributed by atoms with van der Waals surface area (Å²) in [5.74, 6) is 0.216. The first-order valence-electron chi connectivity index (χ1n) is 8.32. The average Bonchev–Trinajstić information content (AvgIpc) is 2.48.